The van der Waals surface area contributed by atoms with Crippen LogP contribution in [0.5, 0.6) is 0 Å². The van der Waals surface area contributed by atoms with Gasteiger partial charge in [0.1, 0.15) is 0 Å². The van der Waals surface area contributed by atoms with Gasteiger partial charge in [0.25, 0.3) is 0 Å². The van der Waals surface area contributed by atoms with E-state index in [2.05, 4.69) is 12.2 Å². The van der Waals surface area contributed by atoms with Crippen LogP contribution >= 0.6 is 0 Å². The Kier molecular flexibility index (Phi) is 8.22. The van der Waals surface area contributed by atoms with Crippen molar-refractivity contribution in [3.8, 4) is 0 Å². The molecule has 0 aromatic heterocycles. The van der Waals surface area contributed by atoms with Crippen LogP contribution in [0, 0.1) is 5.41 Å². The van der Waals surface area contributed by atoms with E-state index in [1.54, 1.807) is 14.2 Å². The molecule has 0 saturated carbocycles. The van der Waals surface area contributed by atoms with Gasteiger partial charge in [-0.2, -0.15) is 0 Å². The van der Waals surface area contributed by atoms with Gasteiger partial charge in [0, 0.05) is 27.3 Å². The van der Waals surface area contributed by atoms with E-state index in [0.717, 1.165) is 38.8 Å². The maximum atomic E-state index is 13.2. The van der Waals surface area contributed by atoms with E-state index >= 15 is 0 Å². The molecule has 1 amide bonds. The van der Waals surface area contributed by atoms with Crippen LogP contribution in [0.15, 0.2) is 0 Å². The van der Waals surface area contributed by atoms with Crippen LogP contribution in [0.3, 0.4) is 0 Å². The lowest BCUT2D eigenvalue weighted by molar-refractivity contribution is -0.148. The SMILES string of the molecule is CCCC1(C(=O)N(CCOC)C(C)COC)CCCNC1. The van der Waals surface area contributed by atoms with Crippen LogP contribution in [0.4, 0.5) is 0 Å². The highest BCUT2D eigenvalue weighted by atomic mass is 16.5. The van der Waals surface area contributed by atoms with Crippen molar-refractivity contribution in [2.45, 2.75) is 45.6 Å². The molecule has 5 nitrogen and oxygen atoms in total. The molecule has 124 valence electrons. The first-order valence-corrected chi connectivity index (χ1v) is 8.11. The second kappa shape index (κ2) is 9.38. The van der Waals surface area contributed by atoms with E-state index in [1.807, 2.05) is 11.8 Å². The largest absolute Gasteiger partial charge is 0.383 e. The highest BCUT2D eigenvalue weighted by molar-refractivity contribution is 5.83. The second-order valence-corrected chi connectivity index (χ2v) is 6.11. The smallest absolute Gasteiger partial charge is 0.230 e. The zero-order valence-electron chi connectivity index (χ0n) is 14.1. The fraction of sp³-hybridized carbons (Fsp3) is 0.938. The summed E-state index contributed by atoms with van der Waals surface area (Å²) in [5.74, 6) is 0.262. The number of piperidine rings is 1. The molecule has 5 heteroatoms. The molecule has 21 heavy (non-hydrogen) atoms. The normalized spacial score (nSPS) is 23.8. The van der Waals surface area contributed by atoms with E-state index in [1.165, 1.54) is 0 Å². The summed E-state index contributed by atoms with van der Waals surface area (Å²) in [5, 5.41) is 3.41. The van der Waals surface area contributed by atoms with Gasteiger partial charge in [-0.1, -0.05) is 13.3 Å². The third-order valence-electron chi connectivity index (χ3n) is 4.39. The van der Waals surface area contributed by atoms with E-state index in [9.17, 15) is 4.79 Å². The third kappa shape index (κ3) is 4.94. The zero-order chi connectivity index (χ0) is 15.7. The number of carbonyl (C=O) groups excluding carboxylic acids is 1. The first kappa shape index (κ1) is 18.4. The zero-order valence-corrected chi connectivity index (χ0v) is 14.1. The molecule has 2 unspecified atom stereocenters. The Hall–Kier alpha value is -0.650. The van der Waals surface area contributed by atoms with Crippen molar-refractivity contribution in [2.75, 3.05) is 47.1 Å². The van der Waals surface area contributed by atoms with Gasteiger partial charge in [0.05, 0.1) is 24.7 Å². The van der Waals surface area contributed by atoms with Gasteiger partial charge in [0.15, 0.2) is 0 Å². The summed E-state index contributed by atoms with van der Waals surface area (Å²) in [7, 11) is 3.35. The van der Waals surface area contributed by atoms with E-state index in [4.69, 9.17) is 9.47 Å². The Morgan fingerprint density at radius 3 is 2.67 bits per heavy atom. The summed E-state index contributed by atoms with van der Waals surface area (Å²) < 4.78 is 10.4. The van der Waals surface area contributed by atoms with Crippen LogP contribution in [0.2, 0.25) is 0 Å². The second-order valence-electron chi connectivity index (χ2n) is 6.11. The minimum Gasteiger partial charge on any atom is -0.383 e. The topological polar surface area (TPSA) is 50.8 Å². The number of hydrogen-bond donors (Lipinski definition) is 1. The number of amides is 1. The lowest BCUT2D eigenvalue weighted by Crippen LogP contribution is -2.55. The summed E-state index contributed by atoms with van der Waals surface area (Å²) in [6, 6.07) is 0.0771. The van der Waals surface area contributed by atoms with E-state index < -0.39 is 0 Å². The summed E-state index contributed by atoms with van der Waals surface area (Å²) in [6.07, 6.45) is 4.03. The van der Waals surface area contributed by atoms with Crippen molar-refractivity contribution in [3.63, 3.8) is 0 Å². The van der Waals surface area contributed by atoms with E-state index in [-0.39, 0.29) is 17.4 Å². The van der Waals surface area contributed by atoms with Crippen LogP contribution in [-0.2, 0) is 14.3 Å². The first-order chi connectivity index (χ1) is 10.1. The summed E-state index contributed by atoms with van der Waals surface area (Å²) in [5.41, 5.74) is -0.247. The molecule has 0 bridgehead atoms. The van der Waals surface area contributed by atoms with Crippen molar-refractivity contribution in [3.05, 3.63) is 0 Å². The van der Waals surface area contributed by atoms with Crippen LogP contribution < -0.4 is 5.32 Å². The molecule has 0 aromatic carbocycles. The molecule has 1 heterocycles. The molecule has 1 aliphatic heterocycles. The van der Waals surface area contributed by atoms with Gasteiger partial charge in [-0.3, -0.25) is 4.79 Å². The van der Waals surface area contributed by atoms with E-state index in [0.29, 0.717) is 19.8 Å². The molecular weight excluding hydrogens is 268 g/mol. The lowest BCUT2D eigenvalue weighted by Gasteiger charge is -2.42. The predicted octanol–water partition coefficient (Wildman–Crippen LogP) is 1.67. The van der Waals surface area contributed by atoms with Gasteiger partial charge < -0.3 is 19.7 Å². The Bertz CT molecular complexity index is 298. The van der Waals surface area contributed by atoms with Gasteiger partial charge in [0.2, 0.25) is 5.91 Å². The minimum atomic E-state index is -0.247. The molecule has 1 saturated heterocycles. The predicted molar refractivity (Wildman–Crippen MR) is 84.4 cm³/mol. The van der Waals surface area contributed by atoms with Gasteiger partial charge in [-0.15, -0.1) is 0 Å². The highest BCUT2D eigenvalue weighted by Gasteiger charge is 2.42. The maximum Gasteiger partial charge on any atom is 0.230 e. The average Bonchev–Trinajstić information content (AvgIpc) is 2.49. The van der Waals surface area contributed by atoms with Crippen molar-refractivity contribution in [1.29, 1.82) is 0 Å². The number of hydrogen-bond acceptors (Lipinski definition) is 4. The van der Waals surface area contributed by atoms with Crippen LogP contribution in [0.25, 0.3) is 0 Å². The van der Waals surface area contributed by atoms with Gasteiger partial charge >= 0.3 is 0 Å². The van der Waals surface area contributed by atoms with Crippen molar-refractivity contribution in [1.82, 2.24) is 10.2 Å². The molecule has 1 fully saturated rings. The van der Waals surface area contributed by atoms with Gasteiger partial charge in [-0.05, 0) is 32.7 Å². The Labute approximate surface area is 129 Å². The molecular formula is C16H32N2O3. The quantitative estimate of drug-likeness (QED) is 0.704. The fourth-order valence-electron chi connectivity index (χ4n) is 3.30. The number of carbonyl (C=O) groups is 1. The fourth-order valence-corrected chi connectivity index (χ4v) is 3.30. The summed E-state index contributed by atoms with van der Waals surface area (Å²) >= 11 is 0. The van der Waals surface area contributed by atoms with Crippen molar-refractivity contribution < 1.29 is 14.3 Å². The summed E-state index contributed by atoms with van der Waals surface area (Å²) in [4.78, 5) is 15.2. The minimum absolute atomic E-state index is 0.0771. The Balaban J connectivity index is 2.87. The van der Waals surface area contributed by atoms with Crippen LogP contribution in [0.1, 0.15) is 39.5 Å². The molecule has 1 aliphatic rings. The number of nitrogens with one attached hydrogen (secondary N) is 1. The molecule has 0 aromatic rings. The average molecular weight is 300 g/mol. The monoisotopic (exact) mass is 300 g/mol. The number of methoxy groups -OCH3 is 2. The van der Waals surface area contributed by atoms with Crippen LogP contribution in [-0.4, -0.2) is 63.9 Å². The molecule has 0 aliphatic carbocycles. The molecule has 0 radical (unpaired) electrons. The highest BCUT2D eigenvalue weighted by Crippen LogP contribution is 2.34. The molecule has 1 rings (SSSR count). The van der Waals surface area contributed by atoms with Crippen molar-refractivity contribution in [2.24, 2.45) is 5.41 Å². The Morgan fingerprint density at radius 1 is 1.38 bits per heavy atom. The number of ether oxygens (including phenoxy) is 2. The molecule has 1 N–H and O–H groups in total. The Morgan fingerprint density at radius 2 is 2.14 bits per heavy atom. The lowest BCUT2D eigenvalue weighted by atomic mass is 9.75. The third-order valence-corrected chi connectivity index (χ3v) is 4.39. The number of nitrogens with zero attached hydrogens (tertiary/aromatic N) is 1. The molecule has 0 spiro atoms. The van der Waals surface area contributed by atoms with Gasteiger partial charge in [-0.25, -0.2) is 0 Å². The number of rotatable bonds is 9. The molecule has 2 atom stereocenters. The standard InChI is InChI=1S/C16H32N2O3/c1-5-7-16(8-6-9-17-13-16)15(19)18(10-11-20-3)14(2)12-21-4/h14,17H,5-13H2,1-4H3. The maximum absolute atomic E-state index is 13.2. The first-order valence-electron chi connectivity index (χ1n) is 8.11. The van der Waals surface area contributed by atoms with Crippen molar-refractivity contribution >= 4 is 5.91 Å². The summed E-state index contributed by atoms with van der Waals surface area (Å²) in [6.45, 7) is 7.77.